The molecule has 0 saturated carbocycles. The minimum atomic E-state index is -1.72. The second kappa shape index (κ2) is 13.8. The van der Waals surface area contributed by atoms with Crippen LogP contribution in [-0.4, -0.2) is 23.0 Å². The molecule has 4 rings (SSSR count). The number of nitrogens with one attached hydrogen (secondary N) is 3. The van der Waals surface area contributed by atoms with E-state index in [9.17, 15) is 31.9 Å². The van der Waals surface area contributed by atoms with Crippen LogP contribution >= 0.6 is 11.8 Å². The van der Waals surface area contributed by atoms with Crippen molar-refractivity contribution in [3.63, 3.8) is 0 Å². The lowest BCUT2D eigenvalue weighted by molar-refractivity contribution is -0.115. The predicted octanol–water partition coefficient (Wildman–Crippen LogP) is 7.08. The molecule has 0 bridgehead atoms. The number of carbonyl (C=O) groups is 3. The smallest absolute Gasteiger partial charge is 0.272 e. The first-order chi connectivity index (χ1) is 20.5. The molecular weight excluding hydrogens is 582 g/mol. The summed E-state index contributed by atoms with van der Waals surface area (Å²) < 4.78 is 55.0. The van der Waals surface area contributed by atoms with Gasteiger partial charge in [-0.25, -0.2) is 17.6 Å². The molecule has 0 spiro atoms. The molecule has 0 aliphatic heterocycles. The molecular formula is C32H25F4N3O3S. The highest BCUT2D eigenvalue weighted by atomic mass is 32.2. The quantitative estimate of drug-likeness (QED) is 0.0822. The lowest BCUT2D eigenvalue weighted by Gasteiger charge is -2.15. The highest BCUT2D eigenvalue weighted by molar-refractivity contribution is 8.00. The Bertz CT molecular complexity index is 1690. The van der Waals surface area contributed by atoms with E-state index in [0.717, 1.165) is 17.3 Å². The average Bonchev–Trinajstić information content (AvgIpc) is 2.98. The molecule has 0 saturated heterocycles. The maximum atomic E-state index is 14.0. The van der Waals surface area contributed by atoms with Gasteiger partial charge in [0, 0.05) is 22.2 Å². The van der Waals surface area contributed by atoms with Crippen molar-refractivity contribution in [2.24, 2.45) is 0 Å². The number of hydrogen-bond donors (Lipinski definition) is 3. The third kappa shape index (κ3) is 8.10. The van der Waals surface area contributed by atoms with E-state index in [1.165, 1.54) is 6.92 Å². The SMILES string of the molecule is Cc1cccc(/C=C(/NC(=O)c2ccccc2)C(=O)Nc2cccc(SC(C)C(=O)Nc3c(F)c(F)cc(F)c3F)c2)c1. The van der Waals surface area contributed by atoms with Crippen LogP contribution in [0.2, 0.25) is 0 Å². The summed E-state index contributed by atoms with van der Waals surface area (Å²) in [7, 11) is 0. The van der Waals surface area contributed by atoms with Gasteiger partial charge in [-0.05, 0) is 55.8 Å². The van der Waals surface area contributed by atoms with Gasteiger partial charge in [-0.3, -0.25) is 14.4 Å². The summed E-state index contributed by atoms with van der Waals surface area (Å²) in [5.74, 6) is -8.73. The average molecular weight is 608 g/mol. The molecule has 1 unspecified atom stereocenters. The maximum Gasteiger partial charge on any atom is 0.272 e. The number of carbonyl (C=O) groups excluding carboxylic acids is 3. The predicted molar refractivity (Wildman–Crippen MR) is 158 cm³/mol. The summed E-state index contributed by atoms with van der Waals surface area (Å²) in [6.45, 7) is 3.33. The summed E-state index contributed by atoms with van der Waals surface area (Å²) in [4.78, 5) is 39.3. The zero-order valence-electron chi connectivity index (χ0n) is 22.9. The van der Waals surface area contributed by atoms with Crippen LogP contribution in [0.1, 0.15) is 28.4 Å². The molecule has 0 aromatic heterocycles. The van der Waals surface area contributed by atoms with Crippen molar-refractivity contribution in [1.82, 2.24) is 5.32 Å². The van der Waals surface area contributed by atoms with Crippen LogP contribution in [0, 0.1) is 30.2 Å². The van der Waals surface area contributed by atoms with Gasteiger partial charge in [0.2, 0.25) is 5.91 Å². The van der Waals surface area contributed by atoms with Crippen molar-refractivity contribution in [3.8, 4) is 0 Å². The van der Waals surface area contributed by atoms with Crippen LogP contribution in [0.15, 0.2) is 95.5 Å². The van der Waals surface area contributed by atoms with Crippen molar-refractivity contribution < 1.29 is 31.9 Å². The fourth-order valence-electron chi connectivity index (χ4n) is 3.88. The van der Waals surface area contributed by atoms with E-state index in [0.29, 0.717) is 21.7 Å². The number of amides is 3. The van der Waals surface area contributed by atoms with E-state index < -0.39 is 51.9 Å². The lowest BCUT2D eigenvalue weighted by atomic mass is 10.1. The molecule has 0 aliphatic rings. The third-order valence-corrected chi connectivity index (χ3v) is 7.11. The van der Waals surface area contributed by atoms with Gasteiger partial charge in [-0.15, -0.1) is 11.8 Å². The van der Waals surface area contributed by atoms with Gasteiger partial charge in [0.1, 0.15) is 11.4 Å². The van der Waals surface area contributed by atoms with Crippen LogP contribution in [0.3, 0.4) is 0 Å². The molecule has 220 valence electrons. The molecule has 0 aliphatic carbocycles. The summed E-state index contributed by atoms with van der Waals surface area (Å²) in [5.41, 5.74) is 1.10. The Balaban J connectivity index is 1.50. The summed E-state index contributed by atoms with van der Waals surface area (Å²) in [6.07, 6.45) is 1.54. The summed E-state index contributed by atoms with van der Waals surface area (Å²) in [6, 6.07) is 22.2. The van der Waals surface area contributed by atoms with Crippen molar-refractivity contribution in [2.45, 2.75) is 24.0 Å². The normalized spacial score (nSPS) is 11.9. The monoisotopic (exact) mass is 607 g/mol. The molecule has 1 atom stereocenters. The standard InChI is InChI=1S/C32H25F4N3O3S/c1-18-8-6-9-20(14-18)15-26(38-31(41)21-10-4-3-5-11-21)32(42)37-22-12-7-13-23(16-22)43-19(2)30(40)39-29-27(35)24(33)17-25(34)28(29)36/h3-17,19H,1-2H3,(H,37,42)(H,38,41)(H,39,40)/b26-15+. The molecule has 6 nitrogen and oxygen atoms in total. The van der Waals surface area contributed by atoms with Crippen LogP contribution in [0.4, 0.5) is 28.9 Å². The van der Waals surface area contributed by atoms with Gasteiger partial charge in [-0.2, -0.15) is 0 Å². The van der Waals surface area contributed by atoms with Crippen LogP contribution < -0.4 is 16.0 Å². The number of aryl methyl sites for hydroxylation is 1. The molecule has 0 fully saturated rings. The van der Waals surface area contributed by atoms with E-state index in [2.05, 4.69) is 10.6 Å². The van der Waals surface area contributed by atoms with Gasteiger partial charge < -0.3 is 16.0 Å². The Hall–Kier alpha value is -4.90. The van der Waals surface area contributed by atoms with E-state index in [-0.39, 0.29) is 11.8 Å². The molecule has 11 heteroatoms. The van der Waals surface area contributed by atoms with E-state index in [4.69, 9.17) is 0 Å². The first-order valence-electron chi connectivity index (χ1n) is 12.9. The van der Waals surface area contributed by atoms with E-state index >= 15 is 0 Å². The fraction of sp³-hybridized carbons (Fsp3) is 0.0938. The number of rotatable bonds is 9. The topological polar surface area (TPSA) is 87.3 Å². The molecule has 0 radical (unpaired) electrons. The van der Waals surface area contributed by atoms with E-state index in [1.807, 2.05) is 30.4 Å². The van der Waals surface area contributed by atoms with Gasteiger partial charge >= 0.3 is 0 Å². The summed E-state index contributed by atoms with van der Waals surface area (Å²) >= 11 is 0.973. The number of anilines is 2. The zero-order valence-corrected chi connectivity index (χ0v) is 23.7. The fourth-order valence-corrected chi connectivity index (χ4v) is 4.81. The van der Waals surface area contributed by atoms with Crippen molar-refractivity contribution in [1.29, 1.82) is 0 Å². The third-order valence-electron chi connectivity index (χ3n) is 6.02. The van der Waals surface area contributed by atoms with Crippen molar-refractivity contribution in [3.05, 3.63) is 131 Å². The molecule has 4 aromatic rings. The molecule has 0 heterocycles. The summed E-state index contributed by atoms with van der Waals surface area (Å²) in [5, 5.41) is 6.32. The van der Waals surface area contributed by atoms with E-state index in [1.54, 1.807) is 66.7 Å². The highest BCUT2D eigenvalue weighted by Crippen LogP contribution is 2.29. The Morgan fingerprint density at radius 2 is 1.47 bits per heavy atom. The minimum absolute atomic E-state index is 0.0170. The van der Waals surface area contributed by atoms with Gasteiger partial charge in [0.15, 0.2) is 23.3 Å². The number of halogens is 4. The number of benzene rings is 4. The van der Waals surface area contributed by atoms with Crippen molar-refractivity contribution in [2.75, 3.05) is 10.6 Å². The van der Waals surface area contributed by atoms with Crippen LogP contribution in [-0.2, 0) is 9.59 Å². The minimum Gasteiger partial charge on any atom is -0.321 e. The molecule has 3 N–H and O–H groups in total. The largest absolute Gasteiger partial charge is 0.321 e. The number of thioether (sulfide) groups is 1. The molecule has 43 heavy (non-hydrogen) atoms. The maximum absolute atomic E-state index is 14.0. The van der Waals surface area contributed by atoms with Gasteiger partial charge in [0.25, 0.3) is 11.8 Å². The van der Waals surface area contributed by atoms with Crippen molar-refractivity contribution >= 4 is 46.9 Å². The Morgan fingerprint density at radius 3 is 2.14 bits per heavy atom. The molecule has 3 amide bonds. The first-order valence-corrected chi connectivity index (χ1v) is 13.8. The molecule has 4 aromatic carbocycles. The van der Waals surface area contributed by atoms with Crippen LogP contribution in [0.25, 0.3) is 6.08 Å². The highest BCUT2D eigenvalue weighted by Gasteiger charge is 2.24. The number of hydrogen-bond acceptors (Lipinski definition) is 4. The van der Waals surface area contributed by atoms with Gasteiger partial charge in [0.05, 0.1) is 5.25 Å². The first kappa shape index (κ1) is 31.0. The Labute approximate surface area is 249 Å². The van der Waals surface area contributed by atoms with Gasteiger partial charge in [-0.1, -0.05) is 54.1 Å². The Kier molecular flexibility index (Phi) is 9.99. The van der Waals surface area contributed by atoms with Crippen LogP contribution in [0.5, 0.6) is 0 Å². The second-order valence-electron chi connectivity index (χ2n) is 9.37. The Morgan fingerprint density at radius 1 is 0.791 bits per heavy atom. The zero-order chi connectivity index (χ0) is 31.1. The lowest BCUT2D eigenvalue weighted by Crippen LogP contribution is -2.30. The second-order valence-corrected chi connectivity index (χ2v) is 10.8.